The van der Waals surface area contributed by atoms with Gasteiger partial charge in [0.15, 0.2) is 0 Å². The van der Waals surface area contributed by atoms with E-state index in [0.29, 0.717) is 26.3 Å². The number of pyridine rings is 2. The van der Waals surface area contributed by atoms with E-state index in [4.69, 9.17) is 20.2 Å². The van der Waals surface area contributed by atoms with Gasteiger partial charge >= 0.3 is 0 Å². The summed E-state index contributed by atoms with van der Waals surface area (Å²) >= 11 is 0. The number of likely N-dealkylation sites (tertiary alicyclic amines) is 1. The van der Waals surface area contributed by atoms with Crippen molar-refractivity contribution >= 4 is 0 Å². The number of halogens is 2. The van der Waals surface area contributed by atoms with Crippen molar-refractivity contribution in [1.82, 2.24) is 14.9 Å². The van der Waals surface area contributed by atoms with Crippen LogP contribution in [0.25, 0.3) is 33.5 Å². The quantitative estimate of drug-likeness (QED) is 0.201. The third kappa shape index (κ3) is 7.82. The van der Waals surface area contributed by atoms with Gasteiger partial charge in [-0.2, -0.15) is 0 Å². The largest absolute Gasteiger partial charge is 0.491 e. The van der Waals surface area contributed by atoms with Gasteiger partial charge in [-0.3, -0.25) is 14.9 Å². The lowest BCUT2D eigenvalue weighted by Crippen LogP contribution is -2.54. The van der Waals surface area contributed by atoms with Gasteiger partial charge in [0.1, 0.15) is 12.4 Å². The summed E-state index contributed by atoms with van der Waals surface area (Å²) in [5.74, 6) is -2.03. The van der Waals surface area contributed by atoms with Crippen molar-refractivity contribution in [2.24, 2.45) is 5.73 Å². The van der Waals surface area contributed by atoms with Gasteiger partial charge < -0.3 is 15.2 Å². The molecule has 2 N–H and O–H groups in total. The Morgan fingerprint density at radius 3 is 2.35 bits per heavy atom. The molecule has 1 aliphatic rings. The molecule has 1 fully saturated rings. The minimum atomic E-state index is -2.83. The van der Waals surface area contributed by atoms with Crippen LogP contribution in [0.4, 0.5) is 8.78 Å². The second-order valence-corrected chi connectivity index (χ2v) is 11.6. The van der Waals surface area contributed by atoms with Crippen LogP contribution in [0, 0.1) is 13.8 Å². The highest BCUT2D eigenvalue weighted by Gasteiger charge is 2.41. The Labute approximate surface area is 252 Å². The van der Waals surface area contributed by atoms with Crippen LogP contribution in [0.15, 0.2) is 73.1 Å². The molecule has 1 unspecified atom stereocenters. The molecule has 43 heavy (non-hydrogen) atoms. The van der Waals surface area contributed by atoms with Crippen LogP contribution in [-0.2, 0) is 11.3 Å². The maximum Gasteiger partial charge on any atom is 0.265 e. The first-order valence-corrected chi connectivity index (χ1v) is 14.8. The van der Waals surface area contributed by atoms with E-state index in [2.05, 4.69) is 54.4 Å². The average molecular weight is 587 g/mol. The molecule has 1 atom stereocenters. The SMILES string of the molecule is Cc1ccc(-c2cc(CN3CCC(F)(F)C(N)C3)cc(-c3cc(-c4ccc(OCCOC(C)C)cc4)c(C)cn3)c2)cn1. The summed E-state index contributed by atoms with van der Waals surface area (Å²) in [5, 5.41) is 0. The number of benzene rings is 2. The second kappa shape index (κ2) is 13.3. The lowest BCUT2D eigenvalue weighted by Gasteiger charge is -2.36. The number of aryl methyl sites for hydroxylation is 2. The van der Waals surface area contributed by atoms with Gasteiger partial charge in [0.05, 0.1) is 24.4 Å². The zero-order chi connectivity index (χ0) is 30.6. The van der Waals surface area contributed by atoms with Crippen LogP contribution in [0.1, 0.15) is 37.1 Å². The molecule has 1 aliphatic heterocycles. The molecule has 0 bridgehead atoms. The molecule has 0 amide bonds. The third-order valence-corrected chi connectivity index (χ3v) is 7.77. The average Bonchev–Trinajstić information content (AvgIpc) is 2.98. The Hall–Kier alpha value is -3.72. The van der Waals surface area contributed by atoms with Gasteiger partial charge in [0.25, 0.3) is 5.92 Å². The Kier molecular flexibility index (Phi) is 9.49. The standard InChI is InChI=1S/C35H40F2N4O2/c1-23(2)42-13-14-43-31-9-7-27(8-10-31)32-18-33(40-19-24(32)3)30-16-26(21-41-12-11-35(36,37)34(38)22-41)15-29(17-30)28-6-5-25(4)39-20-28/h5-10,15-20,23,34H,11-14,21-22,38H2,1-4H3. The molecule has 8 heteroatoms. The van der Waals surface area contributed by atoms with E-state index in [0.717, 1.165) is 56.1 Å². The monoisotopic (exact) mass is 586 g/mol. The van der Waals surface area contributed by atoms with Gasteiger partial charge in [-0.1, -0.05) is 18.2 Å². The number of nitrogens with two attached hydrogens (primary N) is 1. The third-order valence-electron chi connectivity index (χ3n) is 7.77. The van der Waals surface area contributed by atoms with Crippen LogP contribution >= 0.6 is 0 Å². The van der Waals surface area contributed by atoms with Crippen molar-refractivity contribution in [3.63, 3.8) is 0 Å². The molecule has 2 aromatic heterocycles. The summed E-state index contributed by atoms with van der Waals surface area (Å²) in [6.07, 6.45) is 3.70. The van der Waals surface area contributed by atoms with E-state index in [1.54, 1.807) is 0 Å². The first kappa shape index (κ1) is 30.7. The first-order valence-electron chi connectivity index (χ1n) is 14.8. The van der Waals surface area contributed by atoms with Gasteiger partial charge in [-0.05, 0) is 98.0 Å². The Bertz CT molecular complexity index is 1520. The minimum absolute atomic E-state index is 0.149. The van der Waals surface area contributed by atoms with E-state index in [1.165, 1.54) is 0 Å². The lowest BCUT2D eigenvalue weighted by molar-refractivity contribution is -0.0738. The fraction of sp³-hybridized carbons (Fsp3) is 0.371. The summed E-state index contributed by atoms with van der Waals surface area (Å²) in [6.45, 7) is 10.0. The summed E-state index contributed by atoms with van der Waals surface area (Å²) in [5.41, 5.74) is 14.7. The summed E-state index contributed by atoms with van der Waals surface area (Å²) in [4.78, 5) is 11.3. The smallest absolute Gasteiger partial charge is 0.265 e. The number of piperidine rings is 1. The maximum atomic E-state index is 14.1. The molecular weight excluding hydrogens is 546 g/mol. The number of hydrogen-bond acceptors (Lipinski definition) is 6. The van der Waals surface area contributed by atoms with Crippen molar-refractivity contribution in [2.45, 2.75) is 58.7 Å². The van der Waals surface area contributed by atoms with Crippen LogP contribution < -0.4 is 10.5 Å². The van der Waals surface area contributed by atoms with Crippen LogP contribution in [-0.4, -0.2) is 59.2 Å². The molecular formula is C35H40F2N4O2. The van der Waals surface area contributed by atoms with E-state index in [9.17, 15) is 8.78 Å². The van der Waals surface area contributed by atoms with Crippen molar-refractivity contribution < 1.29 is 18.3 Å². The Morgan fingerprint density at radius 2 is 1.65 bits per heavy atom. The number of hydrogen-bond donors (Lipinski definition) is 1. The first-order chi connectivity index (χ1) is 20.6. The summed E-state index contributed by atoms with van der Waals surface area (Å²) in [7, 11) is 0. The number of alkyl halides is 2. The van der Waals surface area contributed by atoms with Crippen molar-refractivity contribution in [1.29, 1.82) is 0 Å². The number of ether oxygens (including phenoxy) is 2. The van der Waals surface area contributed by atoms with Crippen LogP contribution in [0.3, 0.4) is 0 Å². The Morgan fingerprint density at radius 1 is 0.907 bits per heavy atom. The molecule has 4 aromatic rings. The predicted octanol–water partition coefficient (Wildman–Crippen LogP) is 7.07. The number of rotatable bonds is 10. The minimum Gasteiger partial charge on any atom is -0.491 e. The zero-order valence-corrected chi connectivity index (χ0v) is 25.3. The normalized spacial score (nSPS) is 16.9. The van der Waals surface area contributed by atoms with Gasteiger partial charge in [0, 0.05) is 55.3 Å². The van der Waals surface area contributed by atoms with Gasteiger partial charge in [-0.25, -0.2) is 8.78 Å². The molecule has 0 aliphatic carbocycles. The van der Waals surface area contributed by atoms with Crippen molar-refractivity contribution in [3.05, 3.63) is 89.9 Å². The van der Waals surface area contributed by atoms with Crippen LogP contribution in [0.5, 0.6) is 5.75 Å². The highest BCUT2D eigenvalue weighted by Crippen LogP contribution is 2.33. The summed E-state index contributed by atoms with van der Waals surface area (Å²) < 4.78 is 39.5. The summed E-state index contributed by atoms with van der Waals surface area (Å²) in [6, 6.07) is 19.3. The van der Waals surface area contributed by atoms with E-state index in [-0.39, 0.29) is 19.1 Å². The molecule has 0 radical (unpaired) electrons. The predicted molar refractivity (Wildman–Crippen MR) is 167 cm³/mol. The van der Waals surface area contributed by atoms with E-state index >= 15 is 0 Å². The number of nitrogens with zero attached hydrogens (tertiary/aromatic N) is 3. The lowest BCUT2D eigenvalue weighted by atomic mass is 9.95. The topological polar surface area (TPSA) is 73.5 Å². The molecule has 0 spiro atoms. The van der Waals surface area contributed by atoms with Crippen LogP contribution in [0.2, 0.25) is 0 Å². The highest BCUT2D eigenvalue weighted by molar-refractivity contribution is 5.77. The fourth-order valence-corrected chi connectivity index (χ4v) is 5.30. The molecule has 3 heterocycles. The Balaban J connectivity index is 1.43. The number of aromatic nitrogens is 2. The molecule has 2 aromatic carbocycles. The van der Waals surface area contributed by atoms with E-state index in [1.807, 2.05) is 56.3 Å². The highest BCUT2D eigenvalue weighted by atomic mass is 19.3. The van der Waals surface area contributed by atoms with E-state index < -0.39 is 12.0 Å². The van der Waals surface area contributed by atoms with Crippen molar-refractivity contribution in [3.8, 4) is 39.3 Å². The maximum absolute atomic E-state index is 14.1. The zero-order valence-electron chi connectivity index (χ0n) is 25.3. The molecule has 226 valence electrons. The molecule has 0 saturated carbocycles. The van der Waals surface area contributed by atoms with Crippen molar-refractivity contribution in [2.75, 3.05) is 26.3 Å². The molecule has 6 nitrogen and oxygen atoms in total. The fourth-order valence-electron chi connectivity index (χ4n) is 5.30. The van der Waals surface area contributed by atoms with Gasteiger partial charge in [-0.15, -0.1) is 0 Å². The van der Waals surface area contributed by atoms with Gasteiger partial charge in [0.2, 0.25) is 0 Å². The molecule has 5 rings (SSSR count). The molecule has 1 saturated heterocycles. The second-order valence-electron chi connectivity index (χ2n) is 11.6.